The quantitative estimate of drug-likeness (QED) is 0.155. The molecular weight excluding hydrogens is 755 g/mol. The second-order valence-corrected chi connectivity index (χ2v) is 17.1. The van der Waals surface area contributed by atoms with E-state index in [0.717, 1.165) is 17.1 Å². The van der Waals surface area contributed by atoms with E-state index in [1.165, 1.54) is 86.6 Å². The van der Waals surface area contributed by atoms with Crippen molar-refractivity contribution < 1.29 is 0 Å². The van der Waals surface area contributed by atoms with Crippen molar-refractivity contribution in [2.24, 2.45) is 0 Å². The molecular formula is C59H39NS. The monoisotopic (exact) mass is 793 g/mol. The molecule has 286 valence electrons. The Kier molecular flexibility index (Phi) is 8.33. The number of hydrogen-bond donors (Lipinski definition) is 0. The first-order chi connectivity index (χ1) is 30.2. The summed E-state index contributed by atoms with van der Waals surface area (Å²) >= 11 is 1.87. The number of benzene rings is 10. The van der Waals surface area contributed by atoms with Gasteiger partial charge in [0, 0.05) is 37.2 Å². The summed E-state index contributed by atoms with van der Waals surface area (Å²) in [6, 6.07) is 87.4. The van der Waals surface area contributed by atoms with E-state index in [1.807, 2.05) is 11.3 Å². The number of nitrogens with zero attached hydrogens (tertiary/aromatic N) is 1. The Morgan fingerprint density at radius 1 is 0.311 bits per heavy atom. The molecule has 1 nitrogen and oxygen atoms in total. The van der Waals surface area contributed by atoms with Crippen LogP contribution in [0.3, 0.4) is 0 Å². The van der Waals surface area contributed by atoms with E-state index >= 15 is 0 Å². The van der Waals surface area contributed by atoms with E-state index in [2.05, 4.69) is 241 Å². The second kappa shape index (κ2) is 14.3. The Morgan fingerprint density at radius 3 is 1.72 bits per heavy atom. The maximum absolute atomic E-state index is 2.46. The van der Waals surface area contributed by atoms with Gasteiger partial charge in [0.15, 0.2) is 0 Å². The summed E-state index contributed by atoms with van der Waals surface area (Å²) in [5.74, 6) is 0. The zero-order valence-electron chi connectivity index (χ0n) is 33.4. The van der Waals surface area contributed by atoms with E-state index in [4.69, 9.17) is 0 Å². The molecule has 0 amide bonds. The average Bonchev–Trinajstić information content (AvgIpc) is 3.85. The van der Waals surface area contributed by atoms with Crippen LogP contribution < -0.4 is 4.90 Å². The van der Waals surface area contributed by atoms with Gasteiger partial charge in [0.05, 0.1) is 5.41 Å². The lowest BCUT2D eigenvalue weighted by Gasteiger charge is -2.35. The molecule has 1 aliphatic carbocycles. The second-order valence-electron chi connectivity index (χ2n) is 16.1. The van der Waals surface area contributed by atoms with Crippen molar-refractivity contribution >= 4 is 59.3 Å². The normalized spacial score (nSPS) is 12.7. The zero-order chi connectivity index (χ0) is 40.3. The zero-order valence-corrected chi connectivity index (χ0v) is 34.2. The third kappa shape index (κ3) is 5.75. The molecule has 0 fully saturated rings. The van der Waals surface area contributed by atoms with E-state index in [1.54, 1.807) is 0 Å². The summed E-state index contributed by atoms with van der Waals surface area (Å²) in [7, 11) is 0. The predicted octanol–water partition coefficient (Wildman–Crippen LogP) is 16.4. The van der Waals surface area contributed by atoms with Crippen LogP contribution >= 0.6 is 11.3 Å². The van der Waals surface area contributed by atoms with Crippen LogP contribution in [0.5, 0.6) is 0 Å². The molecule has 1 aromatic heterocycles. The van der Waals surface area contributed by atoms with Crippen LogP contribution in [-0.4, -0.2) is 0 Å². The summed E-state index contributed by atoms with van der Waals surface area (Å²) in [5.41, 5.74) is 15.3. The van der Waals surface area contributed by atoms with E-state index < -0.39 is 5.41 Å². The molecule has 0 N–H and O–H groups in total. The highest BCUT2D eigenvalue weighted by Crippen LogP contribution is 2.57. The third-order valence-corrected chi connectivity index (χ3v) is 13.9. The van der Waals surface area contributed by atoms with Crippen LogP contribution in [0.15, 0.2) is 237 Å². The lowest BCUT2D eigenvalue weighted by atomic mass is 9.67. The first-order valence-electron chi connectivity index (χ1n) is 21.0. The molecule has 12 rings (SSSR count). The largest absolute Gasteiger partial charge is 0.310 e. The highest BCUT2D eigenvalue weighted by molar-refractivity contribution is 7.25. The van der Waals surface area contributed by atoms with E-state index in [-0.39, 0.29) is 0 Å². The van der Waals surface area contributed by atoms with Crippen LogP contribution in [-0.2, 0) is 5.41 Å². The Hall–Kier alpha value is -7.52. The van der Waals surface area contributed by atoms with Gasteiger partial charge < -0.3 is 4.90 Å². The van der Waals surface area contributed by atoms with Gasteiger partial charge in [0.25, 0.3) is 0 Å². The molecule has 0 atom stereocenters. The van der Waals surface area contributed by atoms with Gasteiger partial charge in [-0.25, -0.2) is 0 Å². The van der Waals surface area contributed by atoms with Crippen molar-refractivity contribution in [2.75, 3.05) is 4.90 Å². The topological polar surface area (TPSA) is 3.24 Å². The molecule has 0 saturated carbocycles. The molecule has 2 heteroatoms. The summed E-state index contributed by atoms with van der Waals surface area (Å²) in [5, 5.41) is 5.13. The maximum atomic E-state index is 2.46. The predicted molar refractivity (Wildman–Crippen MR) is 260 cm³/mol. The van der Waals surface area contributed by atoms with Gasteiger partial charge in [-0.15, -0.1) is 11.3 Å². The van der Waals surface area contributed by atoms with Gasteiger partial charge in [0.2, 0.25) is 0 Å². The van der Waals surface area contributed by atoms with Crippen molar-refractivity contribution in [3.05, 3.63) is 259 Å². The number of anilines is 3. The van der Waals surface area contributed by atoms with Gasteiger partial charge in [-0.05, 0) is 121 Å². The number of fused-ring (bicyclic) bond motifs is 7. The molecule has 11 aromatic rings. The molecule has 10 aromatic carbocycles. The standard InChI is InChI=1S/C59H39NS/c1-3-17-46(18-4-1)59(47-19-5-2-6-20-47)55-24-11-9-22-51(55)52-35-33-50(39-56(52)59)60(49-21-13-16-43(37-49)44-27-26-40-14-7-8-15-42(40)36-44)48-31-28-41(29-32-48)45-30-34-54-53-23-10-12-25-57(53)61-58(54)38-45/h1-39H. The maximum Gasteiger partial charge on any atom is 0.0714 e. The fourth-order valence-corrected chi connectivity index (χ4v) is 11.1. The van der Waals surface area contributed by atoms with Gasteiger partial charge in [-0.1, -0.05) is 182 Å². The fraction of sp³-hybridized carbons (Fsp3) is 0.0169. The van der Waals surface area contributed by atoms with Crippen LogP contribution in [0.1, 0.15) is 22.3 Å². The van der Waals surface area contributed by atoms with Crippen molar-refractivity contribution in [1.82, 2.24) is 0 Å². The first kappa shape index (κ1) is 35.4. The van der Waals surface area contributed by atoms with Crippen molar-refractivity contribution in [3.8, 4) is 33.4 Å². The SMILES string of the molecule is c1ccc(C2(c3ccccc3)c3ccccc3-c3ccc(N(c4ccc(-c5ccc6c(c5)sc5ccccc56)cc4)c4cccc(-c5ccc6ccccc6c5)c4)cc32)cc1. The molecule has 0 unspecified atom stereocenters. The van der Waals surface area contributed by atoms with Crippen LogP contribution in [0, 0.1) is 0 Å². The Bertz CT molecular complexity index is 3380. The van der Waals surface area contributed by atoms with Crippen LogP contribution in [0.25, 0.3) is 64.3 Å². The number of rotatable bonds is 7. The summed E-state index contributed by atoms with van der Waals surface area (Å²) in [6.07, 6.45) is 0. The number of thiophene rings is 1. The van der Waals surface area contributed by atoms with Crippen molar-refractivity contribution in [1.29, 1.82) is 0 Å². The molecule has 0 bridgehead atoms. The molecule has 0 aliphatic heterocycles. The third-order valence-electron chi connectivity index (χ3n) is 12.7. The molecule has 1 aliphatic rings. The lowest BCUT2D eigenvalue weighted by molar-refractivity contribution is 0.768. The van der Waals surface area contributed by atoms with E-state index in [9.17, 15) is 0 Å². The molecule has 61 heavy (non-hydrogen) atoms. The van der Waals surface area contributed by atoms with Gasteiger partial charge >= 0.3 is 0 Å². The Balaban J connectivity index is 1.04. The Morgan fingerprint density at radius 2 is 0.902 bits per heavy atom. The summed E-state index contributed by atoms with van der Waals surface area (Å²) in [6.45, 7) is 0. The Labute approximate surface area is 360 Å². The minimum absolute atomic E-state index is 0.502. The molecule has 1 heterocycles. The lowest BCUT2D eigenvalue weighted by Crippen LogP contribution is -2.28. The average molecular weight is 794 g/mol. The van der Waals surface area contributed by atoms with Gasteiger partial charge in [0.1, 0.15) is 0 Å². The fourth-order valence-electron chi connectivity index (χ4n) is 9.92. The molecule has 0 radical (unpaired) electrons. The van der Waals surface area contributed by atoms with E-state index in [0.29, 0.717) is 0 Å². The minimum Gasteiger partial charge on any atom is -0.310 e. The van der Waals surface area contributed by atoms with Crippen LogP contribution in [0.2, 0.25) is 0 Å². The molecule has 0 saturated heterocycles. The summed E-state index contributed by atoms with van der Waals surface area (Å²) in [4.78, 5) is 2.44. The van der Waals surface area contributed by atoms with Crippen molar-refractivity contribution in [2.45, 2.75) is 5.41 Å². The summed E-state index contributed by atoms with van der Waals surface area (Å²) < 4.78 is 2.64. The highest BCUT2D eigenvalue weighted by Gasteiger charge is 2.46. The smallest absolute Gasteiger partial charge is 0.0714 e. The van der Waals surface area contributed by atoms with Crippen LogP contribution in [0.4, 0.5) is 17.1 Å². The first-order valence-corrected chi connectivity index (χ1v) is 21.8. The van der Waals surface area contributed by atoms with Gasteiger partial charge in [-0.2, -0.15) is 0 Å². The van der Waals surface area contributed by atoms with Gasteiger partial charge in [-0.3, -0.25) is 0 Å². The minimum atomic E-state index is -0.502. The number of hydrogen-bond acceptors (Lipinski definition) is 2. The molecule has 0 spiro atoms. The highest BCUT2D eigenvalue weighted by atomic mass is 32.1. The van der Waals surface area contributed by atoms with Crippen molar-refractivity contribution in [3.63, 3.8) is 0 Å².